The number of benzene rings is 2. The largest absolute Gasteiger partial charge is 0.479 e. The SMILES string of the molecule is CCOC(=O)C(C)Oc1ccc2cc(-c3nc4ccccc4s3)c(=O)oc2c1. The van der Waals surface area contributed by atoms with Crippen molar-refractivity contribution in [2.24, 2.45) is 0 Å². The van der Waals surface area contributed by atoms with Gasteiger partial charge in [-0.15, -0.1) is 11.3 Å². The Bertz CT molecular complexity index is 1190. The van der Waals surface area contributed by atoms with Crippen molar-refractivity contribution in [2.45, 2.75) is 20.0 Å². The minimum Gasteiger partial charge on any atom is -0.479 e. The number of ether oxygens (including phenoxy) is 2. The second-order valence-corrected chi connectivity index (χ2v) is 7.18. The van der Waals surface area contributed by atoms with E-state index >= 15 is 0 Å². The van der Waals surface area contributed by atoms with Crippen molar-refractivity contribution in [2.75, 3.05) is 6.61 Å². The summed E-state index contributed by atoms with van der Waals surface area (Å²) in [4.78, 5) is 28.8. The summed E-state index contributed by atoms with van der Waals surface area (Å²) < 4.78 is 17.0. The number of hydrogen-bond acceptors (Lipinski definition) is 7. The molecule has 0 N–H and O–H groups in total. The van der Waals surface area contributed by atoms with Gasteiger partial charge in [-0.05, 0) is 44.2 Å². The fourth-order valence-electron chi connectivity index (χ4n) is 2.81. The van der Waals surface area contributed by atoms with Crippen LogP contribution in [-0.4, -0.2) is 23.7 Å². The molecule has 0 fully saturated rings. The van der Waals surface area contributed by atoms with Crippen molar-refractivity contribution < 1.29 is 18.7 Å². The molecule has 0 saturated heterocycles. The number of rotatable bonds is 5. The quantitative estimate of drug-likeness (QED) is 0.368. The van der Waals surface area contributed by atoms with E-state index in [0.717, 1.165) is 15.6 Å². The molecule has 0 saturated carbocycles. The first-order valence-corrected chi connectivity index (χ1v) is 9.64. The molecule has 4 rings (SSSR count). The van der Waals surface area contributed by atoms with Gasteiger partial charge in [-0.3, -0.25) is 0 Å². The molecule has 2 heterocycles. The molecule has 6 nitrogen and oxygen atoms in total. The lowest BCUT2D eigenvalue weighted by molar-refractivity contribution is -0.150. The summed E-state index contributed by atoms with van der Waals surface area (Å²) >= 11 is 1.45. The second kappa shape index (κ2) is 7.44. The Morgan fingerprint density at radius 3 is 2.82 bits per heavy atom. The van der Waals surface area contributed by atoms with E-state index < -0.39 is 17.7 Å². The second-order valence-electron chi connectivity index (χ2n) is 6.15. The average Bonchev–Trinajstić information content (AvgIpc) is 3.11. The van der Waals surface area contributed by atoms with Gasteiger partial charge in [-0.25, -0.2) is 14.6 Å². The summed E-state index contributed by atoms with van der Waals surface area (Å²) in [6, 6.07) is 14.6. The van der Waals surface area contributed by atoms with Gasteiger partial charge < -0.3 is 13.9 Å². The van der Waals surface area contributed by atoms with E-state index in [9.17, 15) is 9.59 Å². The maximum atomic E-state index is 12.5. The monoisotopic (exact) mass is 395 g/mol. The van der Waals surface area contributed by atoms with Crippen molar-refractivity contribution in [3.63, 3.8) is 0 Å². The zero-order valence-electron chi connectivity index (χ0n) is 15.3. The van der Waals surface area contributed by atoms with Crippen molar-refractivity contribution in [1.82, 2.24) is 4.98 Å². The van der Waals surface area contributed by atoms with Crippen LogP contribution < -0.4 is 10.4 Å². The van der Waals surface area contributed by atoms with E-state index in [2.05, 4.69) is 4.98 Å². The predicted octanol–water partition coefficient (Wildman–Crippen LogP) is 4.40. The lowest BCUT2D eigenvalue weighted by Gasteiger charge is -2.13. The summed E-state index contributed by atoms with van der Waals surface area (Å²) in [7, 11) is 0. The van der Waals surface area contributed by atoms with Crippen LogP contribution in [0.4, 0.5) is 0 Å². The van der Waals surface area contributed by atoms with Gasteiger partial charge in [0.15, 0.2) is 6.10 Å². The number of carbonyl (C=O) groups is 1. The minimum absolute atomic E-state index is 0.285. The normalized spacial score (nSPS) is 12.2. The molecule has 4 aromatic rings. The zero-order chi connectivity index (χ0) is 19.7. The van der Waals surface area contributed by atoms with Gasteiger partial charge in [0, 0.05) is 11.5 Å². The molecule has 142 valence electrons. The van der Waals surface area contributed by atoms with Gasteiger partial charge in [-0.2, -0.15) is 0 Å². The molecular weight excluding hydrogens is 378 g/mol. The topological polar surface area (TPSA) is 78.6 Å². The van der Waals surface area contributed by atoms with Gasteiger partial charge in [-0.1, -0.05) is 12.1 Å². The number of thiazole rings is 1. The Kier molecular flexibility index (Phi) is 4.83. The highest BCUT2D eigenvalue weighted by molar-refractivity contribution is 7.21. The fourth-order valence-corrected chi connectivity index (χ4v) is 3.78. The number of nitrogens with zero attached hydrogens (tertiary/aromatic N) is 1. The number of aromatic nitrogens is 1. The summed E-state index contributed by atoms with van der Waals surface area (Å²) in [6.45, 7) is 3.63. The standard InChI is InChI=1S/C21H17NO5S/c1-3-25-20(23)12(2)26-14-9-8-13-10-15(21(24)27-17(13)11-14)19-22-16-6-4-5-7-18(16)28-19/h4-12H,3H2,1-2H3. The number of para-hydroxylation sites is 1. The maximum absolute atomic E-state index is 12.5. The molecule has 7 heteroatoms. The van der Waals surface area contributed by atoms with E-state index in [4.69, 9.17) is 13.9 Å². The average molecular weight is 395 g/mol. The zero-order valence-corrected chi connectivity index (χ0v) is 16.1. The molecule has 28 heavy (non-hydrogen) atoms. The molecule has 0 amide bonds. The van der Waals surface area contributed by atoms with Gasteiger partial charge >= 0.3 is 11.6 Å². The Morgan fingerprint density at radius 1 is 1.21 bits per heavy atom. The van der Waals surface area contributed by atoms with Crippen molar-refractivity contribution >= 4 is 38.5 Å². The summed E-state index contributed by atoms with van der Waals surface area (Å²) in [5.74, 6) is -0.0285. The van der Waals surface area contributed by atoms with Crippen LogP contribution >= 0.6 is 11.3 Å². The highest BCUT2D eigenvalue weighted by Gasteiger charge is 2.17. The van der Waals surface area contributed by atoms with Gasteiger partial charge in [0.1, 0.15) is 16.3 Å². The number of fused-ring (bicyclic) bond motifs is 2. The Hall–Kier alpha value is -3.19. The van der Waals surface area contributed by atoms with Crippen LogP contribution in [0.5, 0.6) is 5.75 Å². The van der Waals surface area contributed by atoms with Crippen LogP contribution in [0.2, 0.25) is 0 Å². The van der Waals surface area contributed by atoms with Gasteiger partial charge in [0.25, 0.3) is 0 Å². The first-order chi connectivity index (χ1) is 13.5. The molecule has 0 spiro atoms. The molecular formula is C21H17NO5S. The van der Waals surface area contributed by atoms with Gasteiger partial charge in [0.2, 0.25) is 0 Å². The Balaban J connectivity index is 1.68. The molecule has 0 bridgehead atoms. The minimum atomic E-state index is -0.758. The van der Waals surface area contributed by atoms with Crippen molar-refractivity contribution in [3.05, 3.63) is 59.0 Å². The predicted molar refractivity (Wildman–Crippen MR) is 108 cm³/mol. The van der Waals surface area contributed by atoms with E-state index in [1.807, 2.05) is 24.3 Å². The third kappa shape index (κ3) is 3.48. The van der Waals surface area contributed by atoms with Crippen LogP contribution in [0.25, 0.3) is 31.8 Å². The first-order valence-electron chi connectivity index (χ1n) is 8.82. The van der Waals surface area contributed by atoms with E-state index in [1.54, 1.807) is 38.1 Å². The van der Waals surface area contributed by atoms with Crippen LogP contribution in [0, 0.1) is 0 Å². The molecule has 2 aromatic carbocycles. The molecule has 0 aliphatic heterocycles. The van der Waals surface area contributed by atoms with Crippen LogP contribution in [-0.2, 0) is 9.53 Å². The Morgan fingerprint density at radius 2 is 2.04 bits per heavy atom. The van der Waals surface area contributed by atoms with Gasteiger partial charge in [0.05, 0.1) is 22.4 Å². The van der Waals surface area contributed by atoms with E-state index in [-0.39, 0.29) is 6.61 Å². The van der Waals surface area contributed by atoms with E-state index in [1.165, 1.54) is 11.3 Å². The summed E-state index contributed by atoms with van der Waals surface area (Å²) in [5.41, 5.74) is 1.17. The fraction of sp³-hybridized carbons (Fsp3) is 0.190. The molecule has 0 radical (unpaired) electrons. The Labute approximate surface area is 164 Å². The number of carbonyl (C=O) groups excluding carboxylic acids is 1. The highest BCUT2D eigenvalue weighted by atomic mass is 32.1. The number of esters is 1. The van der Waals surface area contributed by atoms with Crippen LogP contribution in [0.1, 0.15) is 13.8 Å². The lowest BCUT2D eigenvalue weighted by atomic mass is 10.2. The molecule has 0 aliphatic rings. The maximum Gasteiger partial charge on any atom is 0.347 e. The van der Waals surface area contributed by atoms with Crippen molar-refractivity contribution in [3.8, 4) is 16.3 Å². The third-order valence-corrected chi connectivity index (χ3v) is 5.23. The van der Waals surface area contributed by atoms with Crippen LogP contribution in [0.3, 0.4) is 0 Å². The molecule has 0 aliphatic carbocycles. The smallest absolute Gasteiger partial charge is 0.347 e. The first kappa shape index (κ1) is 18.2. The van der Waals surface area contributed by atoms with Crippen LogP contribution in [0.15, 0.2) is 57.7 Å². The lowest BCUT2D eigenvalue weighted by Crippen LogP contribution is -2.26. The highest BCUT2D eigenvalue weighted by Crippen LogP contribution is 2.30. The van der Waals surface area contributed by atoms with E-state index in [0.29, 0.717) is 21.9 Å². The molecule has 1 unspecified atom stereocenters. The molecule has 2 aromatic heterocycles. The summed E-state index contributed by atoms with van der Waals surface area (Å²) in [5, 5.41) is 1.36. The third-order valence-electron chi connectivity index (χ3n) is 4.16. The summed E-state index contributed by atoms with van der Waals surface area (Å²) in [6.07, 6.45) is -0.758. The van der Waals surface area contributed by atoms with Crippen molar-refractivity contribution in [1.29, 1.82) is 0 Å². The number of hydrogen-bond donors (Lipinski definition) is 0. The molecule has 1 atom stereocenters.